The van der Waals surface area contributed by atoms with Crippen molar-refractivity contribution in [3.05, 3.63) is 22.7 Å². The van der Waals surface area contributed by atoms with Gasteiger partial charge in [-0.15, -0.1) is 0 Å². The summed E-state index contributed by atoms with van der Waals surface area (Å²) in [4.78, 5) is 10.4. The number of aliphatic carboxylic acids is 1. The number of aromatic hydroxyl groups is 2. The minimum absolute atomic E-state index is 0.129. The molecule has 0 radical (unpaired) electrons. The standard InChI is InChI=1S/C8H7ClO5/c9-4-2-6(11)5(10)1-3(4)7(12)8(13)14/h1-2,7,10-12H,(H,13,14). The topological polar surface area (TPSA) is 98.0 Å². The van der Waals surface area contributed by atoms with Crippen LogP contribution in [-0.2, 0) is 4.79 Å². The monoisotopic (exact) mass is 218 g/mol. The first-order valence-corrected chi connectivity index (χ1v) is 3.93. The van der Waals surface area contributed by atoms with Crippen LogP contribution in [0.1, 0.15) is 11.7 Å². The van der Waals surface area contributed by atoms with E-state index in [-0.39, 0.29) is 10.6 Å². The highest BCUT2D eigenvalue weighted by molar-refractivity contribution is 6.31. The van der Waals surface area contributed by atoms with E-state index >= 15 is 0 Å². The molecule has 1 aromatic carbocycles. The normalized spacial score (nSPS) is 12.4. The smallest absolute Gasteiger partial charge is 0.337 e. The summed E-state index contributed by atoms with van der Waals surface area (Å²) >= 11 is 5.55. The third-order valence-electron chi connectivity index (χ3n) is 1.62. The molecule has 0 saturated heterocycles. The van der Waals surface area contributed by atoms with E-state index < -0.39 is 23.6 Å². The van der Waals surface area contributed by atoms with E-state index in [1.807, 2.05) is 0 Å². The largest absolute Gasteiger partial charge is 0.504 e. The average molecular weight is 219 g/mol. The Kier molecular flexibility index (Phi) is 2.83. The van der Waals surface area contributed by atoms with Crippen molar-refractivity contribution in [2.45, 2.75) is 6.10 Å². The highest BCUT2D eigenvalue weighted by atomic mass is 35.5. The molecule has 1 unspecified atom stereocenters. The fraction of sp³-hybridized carbons (Fsp3) is 0.125. The van der Waals surface area contributed by atoms with Gasteiger partial charge in [0.25, 0.3) is 0 Å². The summed E-state index contributed by atoms with van der Waals surface area (Å²) in [6.07, 6.45) is -1.83. The molecule has 76 valence electrons. The van der Waals surface area contributed by atoms with Gasteiger partial charge in [0.05, 0.1) is 5.02 Å². The number of carbonyl (C=O) groups is 1. The summed E-state index contributed by atoms with van der Waals surface area (Å²) in [6, 6.07) is 1.86. The third kappa shape index (κ3) is 1.89. The van der Waals surface area contributed by atoms with Gasteiger partial charge in [0.2, 0.25) is 0 Å². The van der Waals surface area contributed by atoms with Crippen LogP contribution in [0.15, 0.2) is 12.1 Å². The molecule has 1 rings (SSSR count). The second kappa shape index (κ2) is 3.73. The Hall–Kier alpha value is -1.46. The molecule has 0 aliphatic rings. The molecule has 0 aromatic heterocycles. The number of phenolic OH excluding ortho intramolecular Hbond substituents is 2. The first-order chi connectivity index (χ1) is 6.43. The van der Waals surface area contributed by atoms with Crippen molar-refractivity contribution in [1.29, 1.82) is 0 Å². The first-order valence-electron chi connectivity index (χ1n) is 3.55. The van der Waals surface area contributed by atoms with Crippen LogP contribution in [0, 0.1) is 0 Å². The van der Waals surface area contributed by atoms with Gasteiger partial charge in [0.15, 0.2) is 17.6 Å². The summed E-state index contributed by atoms with van der Waals surface area (Å²) in [5.41, 5.74) is -0.172. The number of phenols is 2. The molecular formula is C8H7ClO5. The summed E-state index contributed by atoms with van der Waals surface area (Å²) < 4.78 is 0. The molecule has 0 aliphatic carbocycles. The van der Waals surface area contributed by atoms with Gasteiger partial charge in [-0.25, -0.2) is 4.79 Å². The van der Waals surface area contributed by atoms with Crippen LogP contribution in [0.2, 0.25) is 5.02 Å². The summed E-state index contributed by atoms with van der Waals surface area (Å²) in [5, 5.41) is 35.5. The number of aliphatic hydroxyl groups is 1. The molecule has 0 amide bonds. The zero-order chi connectivity index (χ0) is 10.9. The number of carboxylic acid groups (broad SMARTS) is 1. The summed E-state index contributed by atoms with van der Waals surface area (Å²) in [6.45, 7) is 0. The maximum atomic E-state index is 10.4. The fourth-order valence-electron chi connectivity index (χ4n) is 0.910. The highest BCUT2D eigenvalue weighted by Gasteiger charge is 2.20. The maximum absolute atomic E-state index is 10.4. The summed E-state index contributed by atoms with van der Waals surface area (Å²) in [7, 11) is 0. The molecule has 1 atom stereocenters. The minimum Gasteiger partial charge on any atom is -0.504 e. The Labute approximate surface area is 83.8 Å². The lowest BCUT2D eigenvalue weighted by Gasteiger charge is -2.09. The van der Waals surface area contributed by atoms with Crippen LogP contribution in [0.4, 0.5) is 0 Å². The molecule has 6 heteroatoms. The van der Waals surface area contributed by atoms with Crippen LogP contribution in [0.25, 0.3) is 0 Å². The van der Waals surface area contributed by atoms with Gasteiger partial charge in [0, 0.05) is 11.6 Å². The second-order valence-electron chi connectivity index (χ2n) is 2.60. The number of hydrogen-bond acceptors (Lipinski definition) is 4. The second-order valence-corrected chi connectivity index (χ2v) is 3.01. The zero-order valence-corrected chi connectivity index (χ0v) is 7.56. The maximum Gasteiger partial charge on any atom is 0.337 e. The Balaban J connectivity index is 3.22. The van der Waals surface area contributed by atoms with Crippen LogP contribution >= 0.6 is 11.6 Å². The van der Waals surface area contributed by atoms with Crippen LogP contribution in [0.3, 0.4) is 0 Å². The van der Waals surface area contributed by atoms with E-state index in [1.165, 1.54) is 0 Å². The molecule has 0 spiro atoms. The SMILES string of the molecule is O=C(O)C(O)c1cc(O)c(O)cc1Cl. The molecule has 5 nitrogen and oxygen atoms in total. The van der Waals surface area contributed by atoms with Gasteiger partial charge in [-0.05, 0) is 6.07 Å². The van der Waals surface area contributed by atoms with Gasteiger partial charge in [-0.1, -0.05) is 11.6 Å². The van der Waals surface area contributed by atoms with Crippen molar-refractivity contribution in [2.24, 2.45) is 0 Å². The van der Waals surface area contributed by atoms with Gasteiger partial charge < -0.3 is 20.4 Å². The van der Waals surface area contributed by atoms with Crippen molar-refractivity contribution >= 4 is 17.6 Å². The van der Waals surface area contributed by atoms with Crippen molar-refractivity contribution < 1.29 is 25.2 Å². The molecule has 0 aliphatic heterocycles. The molecule has 0 heterocycles. The van der Waals surface area contributed by atoms with E-state index in [2.05, 4.69) is 0 Å². The fourth-order valence-corrected chi connectivity index (χ4v) is 1.17. The molecular weight excluding hydrogens is 212 g/mol. The number of benzene rings is 1. The van der Waals surface area contributed by atoms with Gasteiger partial charge >= 0.3 is 5.97 Å². The molecule has 0 fully saturated rings. The Morgan fingerprint density at radius 2 is 1.79 bits per heavy atom. The molecule has 1 aromatic rings. The number of halogens is 1. The predicted molar refractivity (Wildman–Crippen MR) is 47.4 cm³/mol. The number of hydrogen-bond donors (Lipinski definition) is 4. The van der Waals surface area contributed by atoms with Crippen molar-refractivity contribution in [1.82, 2.24) is 0 Å². The van der Waals surface area contributed by atoms with Crippen molar-refractivity contribution in [3.8, 4) is 11.5 Å². The Bertz CT molecular complexity index is 376. The number of carboxylic acids is 1. The zero-order valence-electron chi connectivity index (χ0n) is 6.81. The molecule has 0 bridgehead atoms. The predicted octanol–water partition coefficient (Wildman–Crippen LogP) is 0.869. The van der Waals surface area contributed by atoms with Crippen LogP contribution < -0.4 is 0 Å². The molecule has 4 N–H and O–H groups in total. The van der Waals surface area contributed by atoms with Crippen molar-refractivity contribution in [3.63, 3.8) is 0 Å². The van der Waals surface area contributed by atoms with Gasteiger partial charge in [-0.2, -0.15) is 0 Å². The quantitative estimate of drug-likeness (QED) is 0.552. The molecule has 0 saturated carbocycles. The lowest BCUT2D eigenvalue weighted by atomic mass is 10.1. The minimum atomic E-state index is -1.83. The lowest BCUT2D eigenvalue weighted by Crippen LogP contribution is -2.10. The lowest BCUT2D eigenvalue weighted by molar-refractivity contribution is -0.146. The van der Waals surface area contributed by atoms with E-state index in [1.54, 1.807) is 0 Å². The highest BCUT2D eigenvalue weighted by Crippen LogP contribution is 2.34. The van der Waals surface area contributed by atoms with Crippen molar-refractivity contribution in [2.75, 3.05) is 0 Å². The third-order valence-corrected chi connectivity index (χ3v) is 1.95. The average Bonchev–Trinajstić information content (AvgIpc) is 2.10. The first kappa shape index (κ1) is 10.6. The number of aliphatic hydroxyl groups excluding tert-OH is 1. The van der Waals surface area contributed by atoms with E-state index in [9.17, 15) is 4.79 Å². The Morgan fingerprint density at radius 3 is 2.29 bits per heavy atom. The molecule has 14 heavy (non-hydrogen) atoms. The van der Waals surface area contributed by atoms with Gasteiger partial charge in [-0.3, -0.25) is 0 Å². The van der Waals surface area contributed by atoms with E-state index in [0.29, 0.717) is 0 Å². The Morgan fingerprint density at radius 1 is 1.29 bits per heavy atom. The van der Waals surface area contributed by atoms with Crippen LogP contribution in [0.5, 0.6) is 11.5 Å². The summed E-state index contributed by atoms with van der Waals surface area (Å²) in [5.74, 6) is -2.50. The van der Waals surface area contributed by atoms with Gasteiger partial charge in [0.1, 0.15) is 0 Å². The van der Waals surface area contributed by atoms with E-state index in [4.69, 9.17) is 32.0 Å². The number of rotatable bonds is 2. The van der Waals surface area contributed by atoms with E-state index in [0.717, 1.165) is 12.1 Å². The van der Waals surface area contributed by atoms with Crippen LogP contribution in [-0.4, -0.2) is 26.4 Å².